The summed E-state index contributed by atoms with van der Waals surface area (Å²) in [5, 5.41) is 9.05. The van der Waals surface area contributed by atoms with Crippen LogP contribution in [0.25, 0.3) is 0 Å². The van der Waals surface area contributed by atoms with E-state index in [1.807, 2.05) is 0 Å². The molecule has 0 unspecified atom stereocenters. The minimum atomic E-state index is -0.921. The number of carbonyl (C=O) groups is 2. The van der Waals surface area contributed by atoms with Crippen LogP contribution in [0.3, 0.4) is 0 Å². The van der Waals surface area contributed by atoms with Crippen LogP contribution in [0.15, 0.2) is 23.1 Å². The summed E-state index contributed by atoms with van der Waals surface area (Å²) in [5.41, 5.74) is -0.121. The van der Waals surface area contributed by atoms with Gasteiger partial charge in [-0.2, -0.15) is 0 Å². The van der Waals surface area contributed by atoms with E-state index in [4.69, 9.17) is 16.7 Å². The molecule has 0 aliphatic heterocycles. The summed E-state index contributed by atoms with van der Waals surface area (Å²) < 4.78 is 1.51. The molecule has 0 aliphatic carbocycles. The summed E-state index contributed by atoms with van der Waals surface area (Å²) in [6, 6.07) is 2.95. The van der Waals surface area contributed by atoms with Gasteiger partial charge in [0.25, 0.3) is 5.56 Å². The molecule has 6 nitrogen and oxygen atoms in total. The number of pyridine rings is 1. The molecular formula is C14H19ClN2O4. The van der Waals surface area contributed by atoms with Crippen LogP contribution in [0.5, 0.6) is 0 Å². The van der Waals surface area contributed by atoms with Gasteiger partial charge in [-0.1, -0.05) is 11.6 Å². The summed E-state index contributed by atoms with van der Waals surface area (Å²) >= 11 is 5.81. The van der Waals surface area contributed by atoms with E-state index in [2.05, 4.69) is 0 Å². The van der Waals surface area contributed by atoms with Crippen LogP contribution in [0.1, 0.15) is 25.7 Å². The number of halogens is 1. The van der Waals surface area contributed by atoms with Crippen molar-refractivity contribution in [1.82, 2.24) is 9.47 Å². The zero-order valence-electron chi connectivity index (χ0n) is 11.9. The van der Waals surface area contributed by atoms with E-state index in [9.17, 15) is 14.4 Å². The second-order valence-electron chi connectivity index (χ2n) is 4.80. The smallest absolute Gasteiger partial charge is 0.305 e. The maximum Gasteiger partial charge on any atom is 0.305 e. The van der Waals surface area contributed by atoms with Gasteiger partial charge in [0.15, 0.2) is 0 Å². The fourth-order valence-electron chi connectivity index (χ4n) is 1.81. The highest BCUT2D eigenvalue weighted by molar-refractivity contribution is 6.30. The molecule has 0 aromatic carbocycles. The van der Waals surface area contributed by atoms with Crippen LogP contribution < -0.4 is 5.56 Å². The molecule has 0 bridgehead atoms. The topological polar surface area (TPSA) is 79.6 Å². The first kappa shape index (κ1) is 17.2. The van der Waals surface area contributed by atoms with E-state index in [0.29, 0.717) is 30.8 Å². The summed E-state index contributed by atoms with van der Waals surface area (Å²) in [6.07, 6.45) is 3.17. The van der Waals surface area contributed by atoms with Crippen molar-refractivity contribution in [1.29, 1.82) is 0 Å². The Morgan fingerprint density at radius 2 is 2.00 bits per heavy atom. The number of hydrogen-bond acceptors (Lipinski definition) is 3. The molecule has 1 aromatic heterocycles. The van der Waals surface area contributed by atoms with Gasteiger partial charge in [0.05, 0.1) is 11.4 Å². The van der Waals surface area contributed by atoms with Crippen molar-refractivity contribution in [2.45, 2.75) is 32.2 Å². The normalized spacial score (nSPS) is 10.4. The Balaban J connectivity index is 2.30. The van der Waals surface area contributed by atoms with Crippen molar-refractivity contribution in [3.63, 3.8) is 0 Å². The van der Waals surface area contributed by atoms with Gasteiger partial charge in [-0.25, -0.2) is 0 Å². The Morgan fingerprint density at radius 1 is 1.29 bits per heavy atom. The first-order chi connectivity index (χ1) is 9.90. The van der Waals surface area contributed by atoms with Gasteiger partial charge in [-0.05, 0) is 18.9 Å². The lowest BCUT2D eigenvalue weighted by Gasteiger charge is -2.15. The number of aryl methyl sites for hydroxylation is 1. The van der Waals surface area contributed by atoms with Gasteiger partial charge < -0.3 is 14.6 Å². The molecule has 7 heteroatoms. The predicted octanol–water partition coefficient (Wildman–Crippen LogP) is 1.61. The zero-order chi connectivity index (χ0) is 15.8. The van der Waals surface area contributed by atoms with Crippen LogP contribution >= 0.6 is 11.6 Å². The van der Waals surface area contributed by atoms with Crippen molar-refractivity contribution in [2.75, 3.05) is 13.6 Å². The summed E-state index contributed by atoms with van der Waals surface area (Å²) in [7, 11) is 1.59. The van der Waals surface area contributed by atoms with Crippen LogP contribution in [0, 0.1) is 0 Å². The number of hydrogen-bond donors (Lipinski definition) is 1. The minimum absolute atomic E-state index is 0.0554. The van der Waals surface area contributed by atoms with Crippen LogP contribution in [0.2, 0.25) is 5.02 Å². The Bertz CT molecular complexity index is 556. The molecule has 0 saturated carbocycles. The molecule has 0 saturated heterocycles. The average molecular weight is 315 g/mol. The first-order valence-corrected chi connectivity index (χ1v) is 7.09. The van der Waals surface area contributed by atoms with Gasteiger partial charge >= 0.3 is 5.97 Å². The monoisotopic (exact) mass is 314 g/mol. The van der Waals surface area contributed by atoms with Gasteiger partial charge in [0.1, 0.15) is 0 Å². The number of rotatable bonds is 8. The third-order valence-electron chi connectivity index (χ3n) is 3.07. The fraction of sp³-hybridized carbons (Fsp3) is 0.500. The van der Waals surface area contributed by atoms with Crippen LogP contribution in [-0.2, 0) is 16.1 Å². The lowest BCUT2D eigenvalue weighted by atomic mass is 10.2. The van der Waals surface area contributed by atoms with E-state index in [0.717, 1.165) is 0 Å². The summed E-state index contributed by atoms with van der Waals surface area (Å²) in [6.45, 7) is 0.716. The van der Waals surface area contributed by atoms with Crippen molar-refractivity contribution in [2.24, 2.45) is 0 Å². The molecule has 21 heavy (non-hydrogen) atoms. The zero-order valence-corrected chi connectivity index (χ0v) is 12.7. The maximum absolute atomic E-state index is 11.7. The largest absolute Gasteiger partial charge is 0.481 e. The quantitative estimate of drug-likeness (QED) is 0.739. The number of aliphatic carboxylic acids is 1. The third-order valence-corrected chi connectivity index (χ3v) is 3.30. The van der Waals surface area contributed by atoms with E-state index in [1.165, 1.54) is 15.5 Å². The molecule has 1 rings (SSSR count). The molecule has 0 aliphatic rings. The highest BCUT2D eigenvalue weighted by Gasteiger charge is 2.09. The molecule has 1 amide bonds. The van der Waals surface area contributed by atoms with Crippen molar-refractivity contribution in [3.05, 3.63) is 33.7 Å². The molecule has 0 atom stereocenters. The van der Waals surface area contributed by atoms with Crippen LogP contribution in [-0.4, -0.2) is 40.0 Å². The predicted molar refractivity (Wildman–Crippen MR) is 79.5 cm³/mol. The Morgan fingerprint density at radius 3 is 2.67 bits per heavy atom. The molecule has 1 heterocycles. The van der Waals surface area contributed by atoms with Crippen molar-refractivity contribution in [3.8, 4) is 0 Å². The standard InChI is InChI=1S/C14H19ClN2O4/c1-16(9-7-14(20)21)12(18)4-2-3-8-17-10-11(15)5-6-13(17)19/h5-6,10H,2-4,7-9H2,1H3,(H,20,21). The second kappa shape index (κ2) is 8.46. The lowest BCUT2D eigenvalue weighted by molar-refractivity contribution is -0.138. The fourth-order valence-corrected chi connectivity index (χ4v) is 1.99. The van der Waals surface area contributed by atoms with Gasteiger partial charge in [-0.3, -0.25) is 14.4 Å². The molecule has 1 aromatic rings. The van der Waals surface area contributed by atoms with Gasteiger partial charge in [0, 0.05) is 38.8 Å². The molecule has 1 N–H and O–H groups in total. The number of carboxylic acid groups (broad SMARTS) is 1. The van der Waals surface area contributed by atoms with E-state index in [1.54, 1.807) is 19.3 Å². The van der Waals surface area contributed by atoms with Crippen molar-refractivity contribution >= 4 is 23.5 Å². The number of aromatic nitrogens is 1. The molecule has 0 fully saturated rings. The lowest BCUT2D eigenvalue weighted by Crippen LogP contribution is -2.28. The average Bonchev–Trinajstić information content (AvgIpc) is 2.44. The number of carbonyl (C=O) groups excluding carboxylic acids is 1. The Labute approximate surface area is 127 Å². The van der Waals surface area contributed by atoms with Gasteiger partial charge in [-0.15, -0.1) is 0 Å². The van der Waals surface area contributed by atoms with E-state index >= 15 is 0 Å². The SMILES string of the molecule is CN(CCC(=O)O)C(=O)CCCCn1cc(Cl)ccc1=O. The molecule has 0 spiro atoms. The number of carboxylic acids is 1. The second-order valence-corrected chi connectivity index (χ2v) is 5.23. The van der Waals surface area contributed by atoms with E-state index < -0.39 is 5.97 Å². The highest BCUT2D eigenvalue weighted by atomic mass is 35.5. The molecular weight excluding hydrogens is 296 g/mol. The highest BCUT2D eigenvalue weighted by Crippen LogP contribution is 2.06. The Kier molecular flexibility index (Phi) is 6.94. The molecule has 116 valence electrons. The van der Waals surface area contributed by atoms with Gasteiger partial charge in [0.2, 0.25) is 5.91 Å². The summed E-state index contributed by atoms with van der Waals surface area (Å²) in [4.78, 5) is 35.1. The number of nitrogens with zero attached hydrogens (tertiary/aromatic N) is 2. The third kappa shape index (κ3) is 6.44. The number of unbranched alkanes of at least 4 members (excludes halogenated alkanes) is 1. The van der Waals surface area contributed by atoms with Crippen LogP contribution in [0.4, 0.5) is 0 Å². The minimum Gasteiger partial charge on any atom is -0.481 e. The summed E-state index contributed by atoms with van der Waals surface area (Å²) in [5.74, 6) is -1.01. The van der Waals surface area contributed by atoms with E-state index in [-0.39, 0.29) is 24.4 Å². The Hall–Kier alpha value is -1.82. The maximum atomic E-state index is 11.7. The first-order valence-electron chi connectivity index (χ1n) is 6.72. The molecule has 0 radical (unpaired) electrons. The number of amides is 1. The van der Waals surface area contributed by atoms with Crippen molar-refractivity contribution < 1.29 is 14.7 Å².